The Hall–Kier alpha value is -0.420. The van der Waals surface area contributed by atoms with Crippen molar-refractivity contribution in [2.45, 2.75) is 51.5 Å². The van der Waals surface area contributed by atoms with Crippen molar-refractivity contribution in [3.05, 3.63) is 34.3 Å². The molecule has 2 rings (SSSR count). The van der Waals surface area contributed by atoms with Gasteiger partial charge in [-0.05, 0) is 30.5 Å². The lowest BCUT2D eigenvalue weighted by molar-refractivity contribution is -0.0194. The Labute approximate surface area is 130 Å². The highest BCUT2D eigenvalue weighted by atomic mass is 79.9. The van der Waals surface area contributed by atoms with Crippen LogP contribution in [-0.2, 0) is 16.1 Å². The molecule has 1 aliphatic heterocycles. The zero-order valence-corrected chi connectivity index (χ0v) is 13.9. The highest BCUT2D eigenvalue weighted by molar-refractivity contribution is 9.10. The largest absolute Gasteiger partial charge is 0.374 e. The molecule has 2 atom stereocenters. The summed E-state index contributed by atoms with van der Waals surface area (Å²) in [5.41, 5.74) is 1.20. The molecule has 1 aliphatic rings. The molecular formula is C16H24BrNO2. The van der Waals surface area contributed by atoms with Gasteiger partial charge in [0.25, 0.3) is 0 Å². The van der Waals surface area contributed by atoms with E-state index in [4.69, 9.17) is 9.47 Å². The number of hydrogen-bond donors (Lipinski definition) is 1. The summed E-state index contributed by atoms with van der Waals surface area (Å²) < 4.78 is 12.8. The van der Waals surface area contributed by atoms with Crippen LogP contribution in [0.2, 0.25) is 0 Å². The molecule has 4 heteroatoms. The van der Waals surface area contributed by atoms with Gasteiger partial charge in [-0.15, -0.1) is 0 Å². The molecule has 0 saturated carbocycles. The second kappa shape index (κ2) is 8.13. The third-order valence-corrected chi connectivity index (χ3v) is 3.96. The Balaban J connectivity index is 1.62. The number of nitrogens with one attached hydrogen (secondary N) is 1. The van der Waals surface area contributed by atoms with Crippen molar-refractivity contribution < 1.29 is 9.47 Å². The van der Waals surface area contributed by atoms with Gasteiger partial charge in [-0.1, -0.05) is 41.9 Å². The lowest BCUT2D eigenvalue weighted by Gasteiger charge is -2.16. The van der Waals surface area contributed by atoms with Crippen LogP contribution in [0.1, 0.15) is 32.3 Å². The molecule has 1 aromatic rings. The van der Waals surface area contributed by atoms with Crippen LogP contribution < -0.4 is 5.32 Å². The molecule has 0 aromatic heterocycles. The summed E-state index contributed by atoms with van der Waals surface area (Å²) in [4.78, 5) is 0. The second-order valence-corrected chi connectivity index (χ2v) is 6.58. The maximum Gasteiger partial charge on any atom is 0.0814 e. The van der Waals surface area contributed by atoms with Gasteiger partial charge in [-0.3, -0.25) is 0 Å². The van der Waals surface area contributed by atoms with Gasteiger partial charge in [0.15, 0.2) is 0 Å². The van der Waals surface area contributed by atoms with Crippen LogP contribution in [0.5, 0.6) is 0 Å². The van der Waals surface area contributed by atoms with E-state index in [-0.39, 0.29) is 6.10 Å². The van der Waals surface area contributed by atoms with E-state index in [1.165, 1.54) is 5.56 Å². The van der Waals surface area contributed by atoms with Gasteiger partial charge in [-0.2, -0.15) is 0 Å². The summed E-state index contributed by atoms with van der Waals surface area (Å²) in [6, 6.07) is 8.76. The number of halogens is 1. The maximum absolute atomic E-state index is 5.97. The number of benzene rings is 1. The quantitative estimate of drug-likeness (QED) is 0.823. The summed E-state index contributed by atoms with van der Waals surface area (Å²) in [5, 5.41) is 3.42. The van der Waals surface area contributed by atoms with Crippen molar-refractivity contribution in [3.8, 4) is 0 Å². The molecule has 0 aliphatic carbocycles. The van der Waals surface area contributed by atoms with Gasteiger partial charge < -0.3 is 14.8 Å². The topological polar surface area (TPSA) is 30.5 Å². The Morgan fingerprint density at radius 1 is 1.25 bits per heavy atom. The molecule has 1 aromatic carbocycles. The number of rotatable bonds is 7. The van der Waals surface area contributed by atoms with Crippen molar-refractivity contribution in [1.29, 1.82) is 0 Å². The lowest BCUT2D eigenvalue weighted by atomic mass is 10.2. The van der Waals surface area contributed by atoms with Gasteiger partial charge in [0.05, 0.1) is 25.4 Å². The van der Waals surface area contributed by atoms with Crippen molar-refractivity contribution in [2.24, 2.45) is 0 Å². The van der Waals surface area contributed by atoms with Crippen LogP contribution in [-0.4, -0.2) is 31.4 Å². The smallest absolute Gasteiger partial charge is 0.0814 e. The van der Waals surface area contributed by atoms with Crippen LogP contribution in [0, 0.1) is 0 Å². The predicted molar refractivity (Wildman–Crippen MR) is 84.8 cm³/mol. The van der Waals surface area contributed by atoms with E-state index in [2.05, 4.69) is 47.2 Å². The monoisotopic (exact) mass is 341 g/mol. The molecule has 1 saturated heterocycles. The van der Waals surface area contributed by atoms with Gasteiger partial charge in [0, 0.05) is 17.1 Å². The van der Waals surface area contributed by atoms with Crippen molar-refractivity contribution in [3.63, 3.8) is 0 Å². The molecule has 112 valence electrons. The summed E-state index contributed by atoms with van der Waals surface area (Å²) >= 11 is 3.43. The molecule has 1 heterocycles. The molecule has 0 amide bonds. The Bertz CT molecular complexity index is 394. The first kappa shape index (κ1) is 16.0. The Morgan fingerprint density at radius 2 is 1.95 bits per heavy atom. The zero-order valence-electron chi connectivity index (χ0n) is 12.3. The molecular weight excluding hydrogens is 318 g/mol. The fraction of sp³-hybridized carbons (Fsp3) is 0.625. The summed E-state index contributed by atoms with van der Waals surface area (Å²) in [5.74, 6) is 0. The SMILES string of the molecule is CC(C)NCC1CCC(COCc2ccc(Br)cc2)O1. The van der Waals surface area contributed by atoms with E-state index in [9.17, 15) is 0 Å². The first-order chi connectivity index (χ1) is 9.63. The van der Waals surface area contributed by atoms with Crippen molar-refractivity contribution in [2.75, 3.05) is 13.2 Å². The van der Waals surface area contributed by atoms with Crippen molar-refractivity contribution in [1.82, 2.24) is 5.32 Å². The van der Waals surface area contributed by atoms with Gasteiger partial charge in [-0.25, -0.2) is 0 Å². The molecule has 3 nitrogen and oxygen atoms in total. The fourth-order valence-electron chi connectivity index (χ4n) is 2.31. The van der Waals surface area contributed by atoms with E-state index in [0.717, 1.165) is 23.9 Å². The minimum Gasteiger partial charge on any atom is -0.374 e. The Morgan fingerprint density at radius 3 is 2.65 bits per heavy atom. The Kier molecular flexibility index (Phi) is 6.49. The standard InChI is InChI=1S/C16H24BrNO2/c1-12(2)18-9-15-7-8-16(20-15)11-19-10-13-3-5-14(17)6-4-13/h3-6,12,15-16,18H,7-11H2,1-2H3. The highest BCUT2D eigenvalue weighted by Gasteiger charge is 2.25. The molecule has 0 spiro atoms. The third-order valence-electron chi connectivity index (χ3n) is 3.44. The van der Waals surface area contributed by atoms with E-state index < -0.39 is 0 Å². The third kappa shape index (κ3) is 5.52. The summed E-state index contributed by atoms with van der Waals surface area (Å²) in [7, 11) is 0. The normalized spacial score (nSPS) is 22.6. The van der Waals surface area contributed by atoms with Gasteiger partial charge in [0.2, 0.25) is 0 Å². The van der Waals surface area contributed by atoms with E-state index >= 15 is 0 Å². The van der Waals surface area contributed by atoms with Crippen LogP contribution >= 0.6 is 15.9 Å². The average Bonchev–Trinajstić information content (AvgIpc) is 2.87. The number of ether oxygens (including phenoxy) is 2. The predicted octanol–water partition coefficient (Wildman–Crippen LogP) is 3.51. The molecule has 0 bridgehead atoms. The molecule has 20 heavy (non-hydrogen) atoms. The van der Waals surface area contributed by atoms with E-state index in [1.54, 1.807) is 0 Å². The maximum atomic E-state index is 5.97. The van der Waals surface area contributed by atoms with Crippen molar-refractivity contribution >= 4 is 15.9 Å². The van der Waals surface area contributed by atoms with Crippen LogP contribution in [0.4, 0.5) is 0 Å². The van der Waals surface area contributed by atoms with Crippen LogP contribution in [0.25, 0.3) is 0 Å². The lowest BCUT2D eigenvalue weighted by Crippen LogP contribution is -2.32. The summed E-state index contributed by atoms with van der Waals surface area (Å²) in [6.45, 7) is 6.61. The number of hydrogen-bond acceptors (Lipinski definition) is 3. The molecule has 1 N–H and O–H groups in total. The minimum absolute atomic E-state index is 0.254. The van der Waals surface area contributed by atoms with E-state index in [1.807, 2.05) is 12.1 Å². The van der Waals surface area contributed by atoms with Gasteiger partial charge in [0.1, 0.15) is 0 Å². The first-order valence-corrected chi connectivity index (χ1v) is 8.14. The highest BCUT2D eigenvalue weighted by Crippen LogP contribution is 2.20. The average molecular weight is 342 g/mol. The van der Waals surface area contributed by atoms with Crippen LogP contribution in [0.15, 0.2) is 28.7 Å². The minimum atomic E-state index is 0.254. The first-order valence-electron chi connectivity index (χ1n) is 7.34. The van der Waals surface area contributed by atoms with Gasteiger partial charge >= 0.3 is 0 Å². The zero-order chi connectivity index (χ0) is 14.4. The molecule has 2 unspecified atom stereocenters. The van der Waals surface area contributed by atoms with E-state index in [0.29, 0.717) is 25.4 Å². The second-order valence-electron chi connectivity index (χ2n) is 5.66. The van der Waals surface area contributed by atoms with Crippen LogP contribution in [0.3, 0.4) is 0 Å². The molecule has 1 fully saturated rings. The molecule has 0 radical (unpaired) electrons. The fourth-order valence-corrected chi connectivity index (χ4v) is 2.57. The summed E-state index contributed by atoms with van der Waals surface area (Å²) in [6.07, 6.45) is 2.83.